The average Bonchev–Trinajstić information content (AvgIpc) is 2.99. The Morgan fingerprint density at radius 1 is 0.350 bits per heavy atom. The van der Waals surface area contributed by atoms with Crippen LogP contribution in [0.2, 0.25) is 0 Å². The zero-order valence-electron chi connectivity index (χ0n) is 21.8. The minimum atomic E-state index is 0.834. The molecule has 0 saturated heterocycles. The van der Waals surface area contributed by atoms with Crippen LogP contribution in [-0.2, 0) is 13.1 Å². The summed E-state index contributed by atoms with van der Waals surface area (Å²) in [7, 11) is 0. The summed E-state index contributed by atoms with van der Waals surface area (Å²) in [6.45, 7) is 1.67. The van der Waals surface area contributed by atoms with Crippen LogP contribution in [0.15, 0.2) is 122 Å². The van der Waals surface area contributed by atoms with E-state index < -0.39 is 0 Å². The molecule has 186 valence electrons. The maximum atomic E-state index is 4.40. The maximum absolute atomic E-state index is 4.40. The van der Waals surface area contributed by atoms with Gasteiger partial charge >= 0.3 is 0 Å². The Morgan fingerprint density at radius 2 is 0.625 bits per heavy atom. The molecule has 0 amide bonds. The molecule has 4 nitrogen and oxygen atoms in total. The van der Waals surface area contributed by atoms with Gasteiger partial charge in [0.1, 0.15) is 0 Å². The molecule has 0 bridgehead atoms. The third-order valence-corrected chi connectivity index (χ3v) is 8.41. The highest BCUT2D eigenvalue weighted by Crippen LogP contribution is 2.34. The molecule has 4 aromatic heterocycles. The Hall–Kier alpha value is -5.22. The largest absolute Gasteiger partial charge is 0.263 e. The third kappa shape index (κ3) is 3.26. The van der Waals surface area contributed by atoms with E-state index in [-0.39, 0.29) is 0 Å². The predicted octanol–water partition coefficient (Wildman–Crippen LogP) is 6.94. The summed E-state index contributed by atoms with van der Waals surface area (Å²) in [5.74, 6) is 0. The highest BCUT2D eigenvalue weighted by molar-refractivity contribution is 6.23. The van der Waals surface area contributed by atoms with Gasteiger partial charge in [0, 0.05) is 101 Å². The normalized spacial score (nSPS) is 12.2. The van der Waals surface area contributed by atoms with Crippen LogP contribution in [0, 0.1) is 0 Å². The Balaban J connectivity index is 1.02. The van der Waals surface area contributed by atoms with Crippen molar-refractivity contribution in [2.45, 2.75) is 13.1 Å². The van der Waals surface area contributed by atoms with E-state index in [2.05, 4.69) is 117 Å². The van der Waals surface area contributed by atoms with Crippen LogP contribution in [-0.4, -0.2) is 9.97 Å². The maximum Gasteiger partial charge on any atom is 0.177 e. The molecule has 0 unspecified atom stereocenters. The number of aromatic nitrogens is 4. The van der Waals surface area contributed by atoms with Crippen molar-refractivity contribution in [3.05, 3.63) is 133 Å². The van der Waals surface area contributed by atoms with Crippen molar-refractivity contribution in [3.8, 4) is 0 Å². The molecule has 0 atom stereocenters. The number of nitrogens with zero attached hydrogens (tertiary/aromatic N) is 4. The van der Waals surface area contributed by atoms with E-state index in [4.69, 9.17) is 0 Å². The average molecular weight is 513 g/mol. The molecular formula is C36H24N4+2. The van der Waals surface area contributed by atoms with Gasteiger partial charge in [-0.15, -0.1) is 0 Å². The fourth-order valence-electron chi connectivity index (χ4n) is 6.61. The SMILES string of the molecule is c1cc(C[n+]2cc3ccc4cncc5ccc(c2)c3c45)ccc1C[n+]1cc2ccc3cncc4ccc(c1)c2c34. The molecule has 0 saturated carbocycles. The summed E-state index contributed by atoms with van der Waals surface area (Å²) in [5.41, 5.74) is 2.58. The van der Waals surface area contributed by atoms with Crippen LogP contribution in [0.25, 0.3) is 64.6 Å². The van der Waals surface area contributed by atoms with Crippen molar-refractivity contribution in [2.75, 3.05) is 0 Å². The molecule has 40 heavy (non-hydrogen) atoms. The molecule has 0 radical (unpaired) electrons. The van der Waals surface area contributed by atoms with Crippen LogP contribution in [0.3, 0.4) is 0 Å². The number of hydrogen-bond donors (Lipinski definition) is 0. The number of hydrogen-bond acceptors (Lipinski definition) is 2. The van der Waals surface area contributed by atoms with Crippen molar-refractivity contribution in [1.29, 1.82) is 0 Å². The van der Waals surface area contributed by atoms with Crippen molar-refractivity contribution >= 4 is 64.6 Å². The monoisotopic (exact) mass is 512 g/mol. The van der Waals surface area contributed by atoms with Gasteiger partial charge in [0.05, 0.1) is 0 Å². The first-order chi connectivity index (χ1) is 19.8. The second kappa shape index (κ2) is 8.14. The highest BCUT2D eigenvalue weighted by Gasteiger charge is 2.16. The molecule has 9 rings (SSSR count). The molecule has 0 aliphatic rings. The molecule has 0 aliphatic carbocycles. The van der Waals surface area contributed by atoms with Crippen molar-refractivity contribution in [3.63, 3.8) is 0 Å². The van der Waals surface area contributed by atoms with Crippen molar-refractivity contribution < 1.29 is 9.13 Å². The highest BCUT2D eigenvalue weighted by atomic mass is 14.9. The lowest BCUT2D eigenvalue weighted by atomic mass is 9.97. The summed E-state index contributed by atoms with van der Waals surface area (Å²) >= 11 is 0. The van der Waals surface area contributed by atoms with E-state index in [0.29, 0.717) is 0 Å². The van der Waals surface area contributed by atoms with E-state index >= 15 is 0 Å². The van der Waals surface area contributed by atoms with Gasteiger partial charge < -0.3 is 0 Å². The minimum absolute atomic E-state index is 0.834. The lowest BCUT2D eigenvalue weighted by Crippen LogP contribution is -2.34. The van der Waals surface area contributed by atoms with Gasteiger partial charge in [-0.05, 0) is 24.3 Å². The van der Waals surface area contributed by atoms with E-state index in [1.807, 2.05) is 24.8 Å². The minimum Gasteiger partial charge on any atom is -0.263 e. The second-order valence-corrected chi connectivity index (χ2v) is 11.0. The molecule has 5 aromatic carbocycles. The Kier molecular flexibility index (Phi) is 4.41. The van der Waals surface area contributed by atoms with Gasteiger partial charge in [0.25, 0.3) is 0 Å². The smallest absolute Gasteiger partial charge is 0.177 e. The van der Waals surface area contributed by atoms with Crippen molar-refractivity contribution in [2.24, 2.45) is 0 Å². The fourth-order valence-corrected chi connectivity index (χ4v) is 6.61. The Labute approximate surface area is 230 Å². The van der Waals surface area contributed by atoms with Crippen LogP contribution in [0.1, 0.15) is 11.1 Å². The number of rotatable bonds is 4. The summed E-state index contributed by atoms with van der Waals surface area (Å²) in [5, 5.41) is 15.1. The lowest BCUT2D eigenvalue weighted by Gasteiger charge is -2.10. The first kappa shape index (κ1) is 21.7. The van der Waals surface area contributed by atoms with Gasteiger partial charge in [0.2, 0.25) is 0 Å². The quantitative estimate of drug-likeness (QED) is 0.189. The van der Waals surface area contributed by atoms with E-state index in [9.17, 15) is 0 Å². The Morgan fingerprint density at radius 3 is 0.950 bits per heavy atom. The summed E-state index contributed by atoms with van der Waals surface area (Å²) in [6, 6.07) is 26.6. The molecule has 4 heteroatoms. The number of benzene rings is 5. The zero-order chi connectivity index (χ0) is 26.2. The van der Waals surface area contributed by atoms with Crippen LogP contribution < -0.4 is 9.13 Å². The van der Waals surface area contributed by atoms with Crippen LogP contribution in [0.4, 0.5) is 0 Å². The van der Waals surface area contributed by atoms with Crippen LogP contribution >= 0.6 is 0 Å². The van der Waals surface area contributed by atoms with Gasteiger partial charge in [-0.2, -0.15) is 9.13 Å². The van der Waals surface area contributed by atoms with Gasteiger partial charge in [0.15, 0.2) is 37.9 Å². The van der Waals surface area contributed by atoms with Gasteiger partial charge in [-0.3, -0.25) is 9.97 Å². The fraction of sp³-hybridized carbons (Fsp3) is 0.0556. The van der Waals surface area contributed by atoms with E-state index in [1.54, 1.807) is 0 Å². The van der Waals surface area contributed by atoms with Gasteiger partial charge in [-0.1, -0.05) is 48.5 Å². The zero-order valence-corrected chi connectivity index (χ0v) is 21.8. The van der Waals surface area contributed by atoms with E-state index in [0.717, 1.165) is 13.1 Å². The second-order valence-electron chi connectivity index (χ2n) is 11.0. The molecule has 0 fully saturated rings. The van der Waals surface area contributed by atoms with Crippen LogP contribution in [0.5, 0.6) is 0 Å². The molecule has 9 aromatic rings. The standard InChI is InChI=1S/C36H24N4/c1-2-24(18-40-21-31-11-7-27-15-38-16-28-8-12-32(22-40)36(31)34(27)28)4-3-23(1)17-39-19-29-9-5-25-13-37-14-26-6-10-30(20-39)35(29)33(25)26/h1-16,19-22H,17-18H2/q+2. The topological polar surface area (TPSA) is 33.5 Å². The van der Waals surface area contributed by atoms with E-state index in [1.165, 1.54) is 75.8 Å². The molecule has 0 aliphatic heterocycles. The van der Waals surface area contributed by atoms with Crippen molar-refractivity contribution in [1.82, 2.24) is 9.97 Å². The molecule has 4 heterocycles. The predicted molar refractivity (Wildman–Crippen MR) is 161 cm³/mol. The molecular weight excluding hydrogens is 488 g/mol. The first-order valence-corrected chi connectivity index (χ1v) is 13.7. The van der Waals surface area contributed by atoms with Gasteiger partial charge in [-0.25, -0.2) is 0 Å². The number of pyridine rings is 4. The summed E-state index contributed by atoms with van der Waals surface area (Å²) in [6.07, 6.45) is 16.9. The lowest BCUT2D eigenvalue weighted by molar-refractivity contribution is -0.686. The summed E-state index contributed by atoms with van der Waals surface area (Å²) < 4.78 is 4.61. The third-order valence-electron chi connectivity index (χ3n) is 8.41. The summed E-state index contributed by atoms with van der Waals surface area (Å²) in [4.78, 5) is 8.80. The Bertz CT molecular complexity index is 2080. The molecule has 0 spiro atoms. The first-order valence-electron chi connectivity index (χ1n) is 13.7. The molecule has 0 N–H and O–H groups in total.